The molecule has 118 valence electrons. The van der Waals surface area contributed by atoms with Crippen molar-refractivity contribution in [2.45, 2.75) is 32.6 Å². The largest absolute Gasteiger partial charge is 0.396 e. The molecule has 1 aromatic carbocycles. The summed E-state index contributed by atoms with van der Waals surface area (Å²) in [5.74, 6) is 0.475. The summed E-state index contributed by atoms with van der Waals surface area (Å²) in [4.78, 5) is 0. The van der Waals surface area contributed by atoms with Crippen LogP contribution in [0.4, 0.5) is 5.69 Å². The van der Waals surface area contributed by atoms with Crippen molar-refractivity contribution >= 4 is 15.9 Å². The average molecular weight is 312 g/mol. The highest BCUT2D eigenvalue weighted by Gasteiger charge is 2.28. The molecule has 0 spiro atoms. The molecule has 6 heteroatoms. The summed E-state index contributed by atoms with van der Waals surface area (Å²) in [7, 11) is -3.52. The van der Waals surface area contributed by atoms with E-state index in [0.29, 0.717) is 31.6 Å². The molecule has 2 N–H and O–H groups in total. The number of benzene rings is 1. The van der Waals surface area contributed by atoms with Crippen molar-refractivity contribution in [1.82, 2.24) is 4.31 Å². The van der Waals surface area contributed by atoms with Crippen molar-refractivity contribution in [3.63, 3.8) is 0 Å². The number of aliphatic hydroxyl groups excluding tert-OH is 1. The molecule has 1 aliphatic rings. The van der Waals surface area contributed by atoms with Crippen molar-refractivity contribution in [2.75, 3.05) is 24.4 Å². The summed E-state index contributed by atoms with van der Waals surface area (Å²) in [6, 6.07) is 7.50. The monoisotopic (exact) mass is 312 g/mol. The molecule has 5 nitrogen and oxygen atoms in total. The van der Waals surface area contributed by atoms with Crippen molar-refractivity contribution < 1.29 is 13.5 Å². The number of nitrogens with zero attached hydrogens (tertiary/aromatic N) is 1. The summed E-state index contributed by atoms with van der Waals surface area (Å²) in [6.07, 6.45) is 1.42. The van der Waals surface area contributed by atoms with Gasteiger partial charge < -0.3 is 5.11 Å². The molecule has 0 atom stereocenters. The van der Waals surface area contributed by atoms with Gasteiger partial charge in [-0.1, -0.05) is 32.0 Å². The minimum absolute atomic E-state index is 0.136. The number of anilines is 1. The fourth-order valence-electron chi connectivity index (χ4n) is 2.63. The lowest BCUT2D eigenvalue weighted by Gasteiger charge is -2.30. The van der Waals surface area contributed by atoms with E-state index < -0.39 is 10.2 Å². The van der Waals surface area contributed by atoms with Gasteiger partial charge in [-0.2, -0.15) is 12.7 Å². The van der Waals surface area contributed by atoms with Crippen LogP contribution in [0, 0.1) is 5.92 Å². The van der Waals surface area contributed by atoms with Crippen LogP contribution >= 0.6 is 0 Å². The van der Waals surface area contributed by atoms with Crippen LogP contribution in [0.25, 0.3) is 0 Å². The molecule has 0 bridgehead atoms. The highest BCUT2D eigenvalue weighted by Crippen LogP contribution is 2.26. The molecule has 1 saturated heterocycles. The van der Waals surface area contributed by atoms with E-state index >= 15 is 0 Å². The molecular formula is C15H24N2O3S. The Bertz CT molecular complexity index is 564. The topological polar surface area (TPSA) is 69.6 Å². The van der Waals surface area contributed by atoms with Gasteiger partial charge in [-0.25, -0.2) is 0 Å². The predicted octanol–water partition coefficient (Wildman–Crippen LogP) is 2.17. The molecule has 0 aromatic heterocycles. The summed E-state index contributed by atoms with van der Waals surface area (Å²) in [6.45, 7) is 5.14. The third kappa shape index (κ3) is 3.96. The van der Waals surface area contributed by atoms with Crippen LogP contribution in [-0.4, -0.2) is 37.5 Å². The Hall–Kier alpha value is -1.11. The standard InChI is InChI=1S/C15H24N2O3S/c1-12(2)14-5-3-4-6-15(14)16-21(19,20)17-9-7-13(11-18)8-10-17/h3-6,12-13,16,18H,7-11H2,1-2H3. The number of piperidine rings is 1. The van der Waals surface area contributed by atoms with Gasteiger partial charge in [-0.3, -0.25) is 4.72 Å². The summed E-state index contributed by atoms with van der Waals surface area (Å²) in [5, 5.41) is 9.13. The van der Waals surface area contributed by atoms with E-state index in [0.717, 1.165) is 5.56 Å². The number of hydrogen-bond acceptors (Lipinski definition) is 3. The SMILES string of the molecule is CC(C)c1ccccc1NS(=O)(=O)N1CCC(CO)CC1. The lowest BCUT2D eigenvalue weighted by molar-refractivity contribution is 0.170. The third-order valence-electron chi connectivity index (χ3n) is 3.99. The first-order valence-electron chi connectivity index (χ1n) is 7.41. The Balaban J connectivity index is 2.12. The minimum atomic E-state index is -3.52. The molecular weight excluding hydrogens is 288 g/mol. The van der Waals surface area contributed by atoms with Crippen molar-refractivity contribution in [2.24, 2.45) is 5.92 Å². The van der Waals surface area contributed by atoms with E-state index in [-0.39, 0.29) is 18.4 Å². The van der Waals surface area contributed by atoms with Crippen LogP contribution in [0.3, 0.4) is 0 Å². The van der Waals surface area contributed by atoms with Gasteiger partial charge in [0.05, 0.1) is 5.69 Å². The van der Waals surface area contributed by atoms with Crippen molar-refractivity contribution in [3.8, 4) is 0 Å². The summed E-state index contributed by atoms with van der Waals surface area (Å²) >= 11 is 0. The van der Waals surface area contributed by atoms with Gasteiger partial charge in [0.25, 0.3) is 0 Å². The number of para-hydroxylation sites is 1. The fourth-order valence-corrected chi connectivity index (χ4v) is 3.91. The lowest BCUT2D eigenvalue weighted by atomic mass is 10.00. The number of aliphatic hydroxyl groups is 1. The maximum Gasteiger partial charge on any atom is 0.301 e. The smallest absolute Gasteiger partial charge is 0.301 e. The van der Waals surface area contributed by atoms with Crippen LogP contribution in [0.15, 0.2) is 24.3 Å². The first kappa shape index (κ1) is 16.3. The first-order chi connectivity index (χ1) is 9.94. The number of nitrogens with one attached hydrogen (secondary N) is 1. The van der Waals surface area contributed by atoms with E-state index in [4.69, 9.17) is 5.11 Å². The second-order valence-corrected chi connectivity index (χ2v) is 7.54. The zero-order valence-corrected chi connectivity index (χ0v) is 13.4. The normalized spacial score (nSPS) is 18.1. The summed E-state index contributed by atoms with van der Waals surface area (Å²) < 4.78 is 29.1. The maximum atomic E-state index is 12.5. The van der Waals surface area contributed by atoms with Gasteiger partial charge in [0, 0.05) is 19.7 Å². The van der Waals surface area contributed by atoms with Gasteiger partial charge >= 0.3 is 10.2 Å². The van der Waals surface area contributed by atoms with Crippen LogP contribution in [0.5, 0.6) is 0 Å². The summed E-state index contributed by atoms with van der Waals surface area (Å²) in [5.41, 5.74) is 1.64. The Morgan fingerprint density at radius 2 is 1.90 bits per heavy atom. The third-order valence-corrected chi connectivity index (χ3v) is 5.52. The molecule has 1 aliphatic heterocycles. The van der Waals surface area contributed by atoms with Crippen LogP contribution in [-0.2, 0) is 10.2 Å². The average Bonchev–Trinajstić information content (AvgIpc) is 2.47. The number of rotatable bonds is 5. The van der Waals surface area contributed by atoms with Crippen LogP contribution < -0.4 is 4.72 Å². The van der Waals surface area contributed by atoms with E-state index in [1.807, 2.05) is 32.0 Å². The maximum absolute atomic E-state index is 12.5. The molecule has 0 saturated carbocycles. The van der Waals surface area contributed by atoms with Gasteiger partial charge in [0.2, 0.25) is 0 Å². The molecule has 0 aliphatic carbocycles. The van der Waals surface area contributed by atoms with E-state index in [1.165, 1.54) is 4.31 Å². The first-order valence-corrected chi connectivity index (χ1v) is 8.85. The second kappa shape index (κ2) is 6.77. The van der Waals surface area contributed by atoms with Gasteiger partial charge in [-0.15, -0.1) is 0 Å². The molecule has 1 heterocycles. The molecule has 21 heavy (non-hydrogen) atoms. The van der Waals surface area contributed by atoms with Crippen LogP contribution in [0.1, 0.15) is 38.2 Å². The molecule has 0 radical (unpaired) electrons. The fraction of sp³-hybridized carbons (Fsp3) is 0.600. The molecule has 2 rings (SSSR count). The molecule has 1 aromatic rings. The van der Waals surface area contributed by atoms with Gasteiger partial charge in [0.1, 0.15) is 0 Å². The van der Waals surface area contributed by atoms with Crippen molar-refractivity contribution in [3.05, 3.63) is 29.8 Å². The van der Waals surface area contributed by atoms with Crippen molar-refractivity contribution in [1.29, 1.82) is 0 Å². The zero-order chi connectivity index (χ0) is 15.5. The molecule has 0 amide bonds. The van der Waals surface area contributed by atoms with E-state index in [2.05, 4.69) is 4.72 Å². The van der Waals surface area contributed by atoms with Gasteiger partial charge in [-0.05, 0) is 36.3 Å². The number of hydrogen-bond donors (Lipinski definition) is 2. The Morgan fingerprint density at radius 3 is 2.48 bits per heavy atom. The van der Waals surface area contributed by atoms with E-state index in [1.54, 1.807) is 6.07 Å². The highest BCUT2D eigenvalue weighted by atomic mass is 32.2. The van der Waals surface area contributed by atoms with Gasteiger partial charge in [0.15, 0.2) is 0 Å². The molecule has 1 fully saturated rings. The highest BCUT2D eigenvalue weighted by molar-refractivity contribution is 7.90. The molecule has 0 unspecified atom stereocenters. The lowest BCUT2D eigenvalue weighted by Crippen LogP contribution is -2.42. The Kier molecular flexibility index (Phi) is 5.24. The Morgan fingerprint density at radius 1 is 1.29 bits per heavy atom. The zero-order valence-electron chi connectivity index (χ0n) is 12.6. The van der Waals surface area contributed by atoms with E-state index in [9.17, 15) is 8.42 Å². The predicted molar refractivity (Wildman–Crippen MR) is 84.5 cm³/mol. The van der Waals surface area contributed by atoms with Crippen LogP contribution in [0.2, 0.25) is 0 Å². The Labute approximate surface area is 127 Å². The quantitative estimate of drug-likeness (QED) is 0.875. The minimum Gasteiger partial charge on any atom is -0.396 e. The second-order valence-electron chi connectivity index (χ2n) is 5.87.